The van der Waals surface area contributed by atoms with Crippen LogP contribution in [0.1, 0.15) is 17.3 Å². The Morgan fingerprint density at radius 3 is 2.64 bits per heavy atom. The zero-order chi connectivity index (χ0) is 17.8. The van der Waals surface area contributed by atoms with Gasteiger partial charge < -0.3 is 5.32 Å². The summed E-state index contributed by atoms with van der Waals surface area (Å²) in [6.45, 7) is 0. The summed E-state index contributed by atoms with van der Waals surface area (Å²) in [5.74, 6) is 0.0291. The standard InChI is InChI=1S/C17H12BrFN4O2/c18-14-9-13(23(24)25)10-21-17(14)22-16(15-6-1-2-7-20-15)11-4-3-5-12(19)8-11/h1-10,16H,(H,21,22). The number of hydrogen-bond donors (Lipinski definition) is 1. The van der Waals surface area contributed by atoms with Crippen molar-refractivity contribution >= 4 is 27.4 Å². The maximum atomic E-state index is 13.7. The number of rotatable bonds is 5. The summed E-state index contributed by atoms with van der Waals surface area (Å²) in [5.41, 5.74) is 1.20. The highest BCUT2D eigenvalue weighted by Gasteiger charge is 2.19. The molecule has 0 aliphatic rings. The summed E-state index contributed by atoms with van der Waals surface area (Å²) in [6.07, 6.45) is 2.80. The number of hydrogen-bond acceptors (Lipinski definition) is 5. The summed E-state index contributed by atoms with van der Waals surface area (Å²) >= 11 is 3.28. The molecule has 3 aromatic rings. The van der Waals surface area contributed by atoms with Crippen LogP contribution in [0, 0.1) is 15.9 Å². The second kappa shape index (κ2) is 7.35. The largest absolute Gasteiger partial charge is 0.357 e. The zero-order valence-corrected chi connectivity index (χ0v) is 14.4. The highest BCUT2D eigenvalue weighted by molar-refractivity contribution is 9.10. The highest BCUT2D eigenvalue weighted by Crippen LogP contribution is 2.30. The van der Waals surface area contributed by atoms with Gasteiger partial charge in [0.2, 0.25) is 0 Å². The molecule has 2 heterocycles. The van der Waals surface area contributed by atoms with Crippen molar-refractivity contribution in [1.82, 2.24) is 9.97 Å². The van der Waals surface area contributed by atoms with Crippen LogP contribution in [0.2, 0.25) is 0 Å². The lowest BCUT2D eigenvalue weighted by molar-refractivity contribution is -0.385. The predicted molar refractivity (Wildman–Crippen MR) is 94.7 cm³/mol. The molecular formula is C17H12BrFN4O2. The van der Waals surface area contributed by atoms with Gasteiger partial charge in [0.1, 0.15) is 17.8 Å². The molecule has 0 radical (unpaired) electrons. The Morgan fingerprint density at radius 1 is 1.16 bits per heavy atom. The van der Waals surface area contributed by atoms with Gasteiger partial charge in [-0.3, -0.25) is 15.1 Å². The first kappa shape index (κ1) is 17.0. The van der Waals surface area contributed by atoms with Crippen LogP contribution in [0.5, 0.6) is 0 Å². The fourth-order valence-corrected chi connectivity index (χ4v) is 2.78. The average Bonchev–Trinajstić information content (AvgIpc) is 2.61. The smallest absolute Gasteiger partial charge is 0.288 e. The second-order valence-electron chi connectivity index (χ2n) is 5.17. The van der Waals surface area contributed by atoms with Crippen molar-refractivity contribution in [3.8, 4) is 0 Å². The van der Waals surface area contributed by atoms with Gasteiger partial charge in [-0.05, 0) is 45.8 Å². The zero-order valence-electron chi connectivity index (χ0n) is 12.8. The molecule has 0 bridgehead atoms. The number of pyridine rings is 2. The van der Waals surface area contributed by atoms with Crippen molar-refractivity contribution in [2.45, 2.75) is 6.04 Å². The number of nitrogens with one attached hydrogen (secondary N) is 1. The lowest BCUT2D eigenvalue weighted by Crippen LogP contribution is -2.15. The second-order valence-corrected chi connectivity index (χ2v) is 6.02. The van der Waals surface area contributed by atoms with Gasteiger partial charge in [0, 0.05) is 12.3 Å². The molecule has 0 spiro atoms. The van der Waals surface area contributed by atoms with Gasteiger partial charge in [-0.1, -0.05) is 18.2 Å². The lowest BCUT2D eigenvalue weighted by Gasteiger charge is -2.20. The average molecular weight is 403 g/mol. The maximum absolute atomic E-state index is 13.7. The Balaban J connectivity index is 2.00. The van der Waals surface area contributed by atoms with Crippen LogP contribution >= 0.6 is 15.9 Å². The topological polar surface area (TPSA) is 81.0 Å². The number of nitro groups is 1. The Hall–Kier alpha value is -2.87. The van der Waals surface area contributed by atoms with Crippen LogP contribution in [0.15, 0.2) is 65.4 Å². The summed E-state index contributed by atoms with van der Waals surface area (Å²) in [4.78, 5) is 18.7. The minimum absolute atomic E-state index is 0.127. The van der Waals surface area contributed by atoms with Crippen LogP contribution in [-0.2, 0) is 0 Å². The maximum Gasteiger partial charge on any atom is 0.288 e. The number of halogens is 2. The molecular weight excluding hydrogens is 391 g/mol. The molecule has 1 atom stereocenters. The fraction of sp³-hybridized carbons (Fsp3) is 0.0588. The number of anilines is 1. The molecule has 0 aliphatic heterocycles. The van der Waals surface area contributed by atoms with E-state index in [0.29, 0.717) is 21.5 Å². The molecule has 6 nitrogen and oxygen atoms in total. The Kier molecular flexibility index (Phi) is 4.99. The van der Waals surface area contributed by atoms with Crippen molar-refractivity contribution in [1.29, 1.82) is 0 Å². The van der Waals surface area contributed by atoms with Crippen LogP contribution in [0.25, 0.3) is 0 Å². The first-order valence-electron chi connectivity index (χ1n) is 7.27. The fourth-order valence-electron chi connectivity index (χ4n) is 2.33. The number of aromatic nitrogens is 2. The molecule has 1 unspecified atom stereocenters. The van der Waals surface area contributed by atoms with Crippen molar-refractivity contribution in [3.63, 3.8) is 0 Å². The number of nitrogens with zero attached hydrogens (tertiary/aromatic N) is 3. The molecule has 126 valence electrons. The molecule has 25 heavy (non-hydrogen) atoms. The van der Waals surface area contributed by atoms with Crippen molar-refractivity contribution in [3.05, 3.63) is 92.6 Å². The quantitative estimate of drug-likeness (QED) is 0.502. The van der Waals surface area contributed by atoms with E-state index in [1.807, 2.05) is 12.1 Å². The highest BCUT2D eigenvalue weighted by atomic mass is 79.9. The van der Waals surface area contributed by atoms with Crippen molar-refractivity contribution in [2.75, 3.05) is 5.32 Å². The molecule has 1 aromatic carbocycles. The summed E-state index contributed by atoms with van der Waals surface area (Å²) in [6, 6.07) is 12.5. The van der Waals surface area contributed by atoms with E-state index >= 15 is 0 Å². The summed E-state index contributed by atoms with van der Waals surface area (Å²) in [5, 5.41) is 14.0. The minimum atomic E-state index is -0.523. The molecule has 1 N–H and O–H groups in total. The van der Waals surface area contributed by atoms with Gasteiger partial charge in [0.25, 0.3) is 5.69 Å². The molecule has 0 aliphatic carbocycles. The van der Waals surface area contributed by atoms with Crippen molar-refractivity contribution in [2.24, 2.45) is 0 Å². The SMILES string of the molecule is O=[N+]([O-])c1cnc(NC(c2cccc(F)c2)c2ccccn2)c(Br)c1. The van der Waals surface area contributed by atoms with Crippen molar-refractivity contribution < 1.29 is 9.31 Å². The van der Waals surface area contributed by atoms with E-state index in [0.717, 1.165) is 6.20 Å². The lowest BCUT2D eigenvalue weighted by atomic mass is 10.0. The molecule has 0 amide bonds. The van der Waals surface area contributed by atoms with E-state index in [2.05, 4.69) is 31.2 Å². The van der Waals surface area contributed by atoms with E-state index in [-0.39, 0.29) is 11.5 Å². The van der Waals surface area contributed by atoms with Gasteiger partial charge in [0.05, 0.1) is 21.1 Å². The van der Waals surface area contributed by atoms with E-state index in [4.69, 9.17) is 0 Å². The van der Waals surface area contributed by atoms with Gasteiger partial charge in [-0.2, -0.15) is 0 Å². The van der Waals surface area contributed by atoms with Crippen LogP contribution < -0.4 is 5.32 Å². The third kappa shape index (κ3) is 3.97. The molecule has 8 heteroatoms. The summed E-state index contributed by atoms with van der Waals surface area (Å²) < 4.78 is 14.1. The van der Waals surface area contributed by atoms with Gasteiger partial charge in [-0.15, -0.1) is 0 Å². The van der Waals surface area contributed by atoms with E-state index in [9.17, 15) is 14.5 Å². The van der Waals surface area contributed by atoms with Gasteiger partial charge in [0.15, 0.2) is 0 Å². The molecule has 0 fully saturated rings. The summed E-state index contributed by atoms with van der Waals surface area (Å²) in [7, 11) is 0. The Bertz CT molecular complexity index is 908. The van der Waals surface area contributed by atoms with E-state index < -0.39 is 11.0 Å². The third-order valence-corrected chi connectivity index (χ3v) is 4.09. The molecule has 0 saturated heterocycles. The minimum Gasteiger partial charge on any atom is -0.357 e. The molecule has 2 aromatic heterocycles. The van der Waals surface area contributed by atoms with E-state index in [1.54, 1.807) is 24.4 Å². The first-order valence-corrected chi connectivity index (χ1v) is 8.07. The normalized spacial score (nSPS) is 11.8. The molecule has 3 rings (SSSR count). The predicted octanol–water partition coefficient (Wildman–Crippen LogP) is 4.49. The molecule has 0 saturated carbocycles. The van der Waals surface area contributed by atoms with Crippen LogP contribution in [0.4, 0.5) is 15.9 Å². The van der Waals surface area contributed by atoms with Gasteiger partial charge >= 0.3 is 0 Å². The van der Waals surface area contributed by atoms with Crippen LogP contribution in [-0.4, -0.2) is 14.9 Å². The monoisotopic (exact) mass is 402 g/mol. The Morgan fingerprint density at radius 2 is 2.00 bits per heavy atom. The van der Waals surface area contributed by atoms with Crippen LogP contribution in [0.3, 0.4) is 0 Å². The number of benzene rings is 1. The van der Waals surface area contributed by atoms with E-state index in [1.165, 1.54) is 18.2 Å². The first-order chi connectivity index (χ1) is 12.0. The Labute approximate surface area is 151 Å². The third-order valence-electron chi connectivity index (χ3n) is 3.48. The van der Waals surface area contributed by atoms with Gasteiger partial charge in [-0.25, -0.2) is 9.37 Å².